The van der Waals surface area contributed by atoms with Crippen LogP contribution in [0.15, 0.2) is 61.2 Å². The highest BCUT2D eigenvalue weighted by Crippen LogP contribution is 2.30. The molecule has 4 rings (SSSR count). The third kappa shape index (κ3) is 4.06. The highest BCUT2D eigenvalue weighted by atomic mass is 16.6. The third-order valence-electron chi connectivity index (χ3n) is 4.48. The molecule has 3 aromatic rings. The summed E-state index contributed by atoms with van der Waals surface area (Å²) in [5.74, 6) is 1.42. The van der Waals surface area contributed by atoms with E-state index in [2.05, 4.69) is 20.7 Å². The molecule has 0 saturated heterocycles. The van der Waals surface area contributed by atoms with Crippen LogP contribution in [0.5, 0.6) is 11.5 Å². The number of ether oxygens (including phenoxy) is 2. The number of nitrogens with zero attached hydrogens (tertiary/aromatic N) is 3. The number of carbonyl (C=O) groups excluding carboxylic acids is 1. The highest BCUT2D eigenvalue weighted by molar-refractivity contribution is 5.74. The molecule has 2 unspecified atom stereocenters. The van der Waals surface area contributed by atoms with E-state index >= 15 is 0 Å². The number of fused-ring (bicyclic) bond motifs is 1. The topological polar surface area (TPSA) is 90.3 Å². The summed E-state index contributed by atoms with van der Waals surface area (Å²) in [7, 11) is 0. The molecule has 0 bridgehead atoms. The quantitative estimate of drug-likeness (QED) is 0.711. The van der Waals surface area contributed by atoms with Crippen molar-refractivity contribution < 1.29 is 14.3 Å². The molecule has 0 aliphatic carbocycles. The maximum absolute atomic E-state index is 12.2. The minimum absolute atomic E-state index is 0.144. The summed E-state index contributed by atoms with van der Waals surface area (Å²) in [4.78, 5) is 16.2. The van der Waals surface area contributed by atoms with Gasteiger partial charge in [-0.25, -0.2) is 14.5 Å². The van der Waals surface area contributed by atoms with Crippen LogP contribution in [0.3, 0.4) is 0 Å². The average molecular weight is 379 g/mol. The summed E-state index contributed by atoms with van der Waals surface area (Å²) in [6, 6.07) is 14.9. The van der Waals surface area contributed by atoms with Crippen LogP contribution in [0.1, 0.15) is 18.5 Å². The van der Waals surface area contributed by atoms with Gasteiger partial charge in [-0.3, -0.25) is 0 Å². The number of hydrogen-bond donors (Lipinski definition) is 2. The molecule has 1 aromatic heterocycles. The Labute approximate surface area is 162 Å². The van der Waals surface area contributed by atoms with Crippen molar-refractivity contribution in [2.75, 3.05) is 13.2 Å². The summed E-state index contributed by atoms with van der Waals surface area (Å²) in [5, 5.41) is 9.86. The monoisotopic (exact) mass is 379 g/mol. The second-order valence-electron chi connectivity index (χ2n) is 6.51. The summed E-state index contributed by atoms with van der Waals surface area (Å²) < 4.78 is 13.2. The van der Waals surface area contributed by atoms with Crippen LogP contribution in [-0.2, 0) is 0 Å². The second kappa shape index (κ2) is 7.99. The predicted octanol–water partition coefficient (Wildman–Crippen LogP) is 2.47. The Hall–Kier alpha value is -3.55. The smallest absolute Gasteiger partial charge is 0.315 e. The Bertz CT molecular complexity index is 927. The molecule has 1 aliphatic rings. The van der Waals surface area contributed by atoms with E-state index in [9.17, 15) is 4.79 Å². The number of aromatic nitrogens is 3. The lowest BCUT2D eigenvalue weighted by molar-refractivity contribution is 0.0917. The highest BCUT2D eigenvalue weighted by Gasteiger charge is 2.21. The zero-order valence-corrected chi connectivity index (χ0v) is 15.4. The molecule has 1 aliphatic heterocycles. The van der Waals surface area contributed by atoms with E-state index in [0.717, 1.165) is 17.0 Å². The largest absolute Gasteiger partial charge is 0.486 e. The standard InChI is InChI=1S/C20H21N5O3/c1-14(15-6-8-16(9-7-15)25-13-21-12-23-25)24-20(26)22-10-17-11-27-18-4-2-3-5-19(18)28-17/h2-9,12-14,17H,10-11H2,1H3,(H2,22,24,26). The first-order valence-electron chi connectivity index (χ1n) is 9.07. The fourth-order valence-electron chi connectivity index (χ4n) is 2.96. The van der Waals surface area contributed by atoms with E-state index in [1.807, 2.05) is 55.5 Å². The van der Waals surface area contributed by atoms with Gasteiger partial charge < -0.3 is 20.1 Å². The maximum atomic E-state index is 12.2. The number of para-hydroxylation sites is 2. The number of rotatable bonds is 5. The number of amides is 2. The Morgan fingerprint density at radius 2 is 2.00 bits per heavy atom. The number of urea groups is 1. The van der Waals surface area contributed by atoms with Gasteiger partial charge >= 0.3 is 6.03 Å². The summed E-state index contributed by atoms with van der Waals surface area (Å²) in [5.41, 5.74) is 1.90. The molecule has 0 saturated carbocycles. The van der Waals surface area contributed by atoms with E-state index in [-0.39, 0.29) is 18.2 Å². The Morgan fingerprint density at radius 1 is 1.21 bits per heavy atom. The van der Waals surface area contributed by atoms with Crippen LogP contribution in [0.4, 0.5) is 4.79 Å². The lowest BCUT2D eigenvalue weighted by Crippen LogP contribution is -2.45. The number of carbonyl (C=O) groups is 1. The Kier molecular flexibility index (Phi) is 5.09. The molecule has 2 heterocycles. The minimum atomic E-state index is -0.254. The van der Waals surface area contributed by atoms with E-state index in [1.165, 1.54) is 6.33 Å². The molecule has 8 heteroatoms. The summed E-state index contributed by atoms with van der Waals surface area (Å²) in [6.45, 7) is 2.69. The average Bonchev–Trinajstić information content (AvgIpc) is 3.27. The van der Waals surface area contributed by atoms with Gasteiger partial charge in [0.15, 0.2) is 17.6 Å². The maximum Gasteiger partial charge on any atom is 0.315 e. The first-order valence-corrected chi connectivity index (χ1v) is 9.07. The Morgan fingerprint density at radius 3 is 2.75 bits per heavy atom. The first-order chi connectivity index (χ1) is 13.7. The molecule has 2 N–H and O–H groups in total. The SMILES string of the molecule is CC(NC(=O)NCC1COc2ccccc2O1)c1ccc(-n2cncn2)cc1. The molecule has 0 fully saturated rings. The zero-order chi connectivity index (χ0) is 19.3. The van der Waals surface area contributed by atoms with Crippen molar-refractivity contribution >= 4 is 6.03 Å². The number of nitrogens with one attached hydrogen (secondary N) is 2. The van der Waals surface area contributed by atoms with Crippen LogP contribution >= 0.6 is 0 Å². The summed E-state index contributed by atoms with van der Waals surface area (Å²) in [6.07, 6.45) is 2.90. The lowest BCUT2D eigenvalue weighted by atomic mass is 10.1. The predicted molar refractivity (Wildman–Crippen MR) is 103 cm³/mol. The fourth-order valence-corrected chi connectivity index (χ4v) is 2.96. The van der Waals surface area contributed by atoms with Gasteiger partial charge in [-0.1, -0.05) is 24.3 Å². The van der Waals surface area contributed by atoms with Gasteiger partial charge in [-0.15, -0.1) is 0 Å². The first kappa shape index (κ1) is 17.8. The van der Waals surface area contributed by atoms with Gasteiger partial charge in [0.1, 0.15) is 19.3 Å². The van der Waals surface area contributed by atoms with Crippen LogP contribution < -0.4 is 20.1 Å². The molecule has 2 amide bonds. The zero-order valence-electron chi connectivity index (χ0n) is 15.4. The lowest BCUT2D eigenvalue weighted by Gasteiger charge is -2.26. The summed E-state index contributed by atoms with van der Waals surface area (Å²) >= 11 is 0. The molecular weight excluding hydrogens is 358 g/mol. The van der Waals surface area contributed by atoms with Crippen molar-refractivity contribution in [3.63, 3.8) is 0 Å². The van der Waals surface area contributed by atoms with Crippen molar-refractivity contribution in [1.29, 1.82) is 0 Å². The van der Waals surface area contributed by atoms with Crippen molar-refractivity contribution in [1.82, 2.24) is 25.4 Å². The van der Waals surface area contributed by atoms with E-state index in [0.29, 0.717) is 18.9 Å². The van der Waals surface area contributed by atoms with Crippen molar-refractivity contribution in [3.8, 4) is 17.2 Å². The van der Waals surface area contributed by atoms with Gasteiger partial charge in [0.05, 0.1) is 18.3 Å². The molecule has 28 heavy (non-hydrogen) atoms. The molecular formula is C20H21N5O3. The van der Waals surface area contributed by atoms with Crippen molar-refractivity contribution in [2.24, 2.45) is 0 Å². The normalized spacial score (nSPS) is 16.2. The van der Waals surface area contributed by atoms with Gasteiger partial charge in [0, 0.05) is 0 Å². The van der Waals surface area contributed by atoms with Crippen molar-refractivity contribution in [2.45, 2.75) is 19.1 Å². The van der Waals surface area contributed by atoms with Crippen LogP contribution in [-0.4, -0.2) is 40.1 Å². The number of hydrogen-bond acceptors (Lipinski definition) is 5. The molecule has 144 valence electrons. The molecule has 8 nitrogen and oxygen atoms in total. The molecule has 0 radical (unpaired) electrons. The fraction of sp³-hybridized carbons (Fsp3) is 0.250. The molecule has 0 spiro atoms. The second-order valence-corrected chi connectivity index (χ2v) is 6.51. The number of benzene rings is 2. The third-order valence-corrected chi connectivity index (χ3v) is 4.48. The minimum Gasteiger partial charge on any atom is -0.486 e. The molecule has 2 aromatic carbocycles. The van der Waals surface area contributed by atoms with E-state index < -0.39 is 0 Å². The van der Waals surface area contributed by atoms with Gasteiger partial charge in [0.25, 0.3) is 0 Å². The van der Waals surface area contributed by atoms with Crippen LogP contribution in [0.2, 0.25) is 0 Å². The van der Waals surface area contributed by atoms with Gasteiger partial charge in [-0.2, -0.15) is 5.10 Å². The van der Waals surface area contributed by atoms with E-state index in [4.69, 9.17) is 9.47 Å². The van der Waals surface area contributed by atoms with E-state index in [1.54, 1.807) is 11.0 Å². The van der Waals surface area contributed by atoms with Crippen LogP contribution in [0, 0.1) is 0 Å². The Balaban J connectivity index is 1.27. The molecule has 2 atom stereocenters. The van der Waals surface area contributed by atoms with Crippen molar-refractivity contribution in [3.05, 3.63) is 66.7 Å². The van der Waals surface area contributed by atoms with Crippen LogP contribution in [0.25, 0.3) is 5.69 Å². The van der Waals surface area contributed by atoms with Gasteiger partial charge in [-0.05, 0) is 36.8 Å². The van der Waals surface area contributed by atoms with Gasteiger partial charge in [0.2, 0.25) is 0 Å².